The van der Waals surface area contributed by atoms with Crippen LogP contribution in [0, 0.1) is 6.92 Å². The van der Waals surface area contributed by atoms with E-state index in [0.717, 1.165) is 35.8 Å². The standard InChI is InChI=1S/C20H24ClN5O2/c1-10-4-12(11-2-3-11)5-16(21)17(10)26-8-15-18(24-26)22-20(23-19(15)27)25-7-14-6-13(25)9-28-14/h4-5,8,11,13-14,18,20,22,24H,2-3,6-7,9H2,1H3,(H,23,27)/t13-,14-,18?,20?/m0/s1. The summed E-state index contributed by atoms with van der Waals surface area (Å²) < 4.78 is 5.69. The van der Waals surface area contributed by atoms with Crippen molar-refractivity contribution in [1.82, 2.24) is 21.0 Å². The van der Waals surface area contributed by atoms with Gasteiger partial charge in [-0.3, -0.25) is 20.0 Å². The van der Waals surface area contributed by atoms with Crippen LogP contribution in [0.4, 0.5) is 5.69 Å². The van der Waals surface area contributed by atoms with Crippen LogP contribution in [0.3, 0.4) is 0 Å². The minimum atomic E-state index is -0.239. The van der Waals surface area contributed by atoms with E-state index in [2.05, 4.69) is 40.0 Å². The number of ether oxygens (including phenoxy) is 1. The lowest BCUT2D eigenvalue weighted by Gasteiger charge is -2.40. The number of likely N-dealkylation sites (tertiary alicyclic amines) is 1. The molecule has 7 nitrogen and oxygen atoms in total. The van der Waals surface area contributed by atoms with Crippen molar-refractivity contribution >= 4 is 23.2 Å². The van der Waals surface area contributed by atoms with Crippen molar-refractivity contribution < 1.29 is 9.53 Å². The summed E-state index contributed by atoms with van der Waals surface area (Å²) in [6.45, 7) is 3.67. The molecule has 6 rings (SSSR count). The highest BCUT2D eigenvalue weighted by atomic mass is 35.5. The summed E-state index contributed by atoms with van der Waals surface area (Å²) in [5, 5.41) is 9.24. The fourth-order valence-corrected chi connectivity index (χ4v) is 5.32. The van der Waals surface area contributed by atoms with Gasteiger partial charge in [0.1, 0.15) is 12.5 Å². The summed E-state index contributed by atoms with van der Waals surface area (Å²) >= 11 is 6.64. The Labute approximate surface area is 169 Å². The number of fused-ring (bicyclic) bond motifs is 3. The van der Waals surface area contributed by atoms with Crippen LogP contribution in [-0.4, -0.2) is 48.6 Å². The molecule has 4 aliphatic heterocycles. The molecule has 8 heteroatoms. The summed E-state index contributed by atoms with van der Waals surface area (Å²) in [4.78, 5) is 15.1. The van der Waals surface area contributed by atoms with Gasteiger partial charge in [0.15, 0.2) is 0 Å². The first-order valence-corrected chi connectivity index (χ1v) is 10.5. The lowest BCUT2D eigenvalue weighted by Crippen LogP contribution is -2.68. The van der Waals surface area contributed by atoms with Crippen molar-refractivity contribution in [3.8, 4) is 0 Å². The summed E-state index contributed by atoms with van der Waals surface area (Å²) in [5.41, 5.74) is 7.43. The molecule has 0 aromatic heterocycles. The first-order chi connectivity index (χ1) is 13.6. The lowest BCUT2D eigenvalue weighted by molar-refractivity contribution is -0.123. The highest BCUT2D eigenvalue weighted by molar-refractivity contribution is 6.33. The molecule has 1 saturated carbocycles. The quantitative estimate of drug-likeness (QED) is 0.713. The molecule has 148 valence electrons. The van der Waals surface area contributed by atoms with E-state index in [0.29, 0.717) is 23.6 Å². The first-order valence-electron chi connectivity index (χ1n) is 10.1. The molecule has 3 saturated heterocycles. The lowest BCUT2D eigenvalue weighted by atomic mass is 10.1. The molecule has 2 unspecified atom stereocenters. The van der Waals surface area contributed by atoms with E-state index in [1.54, 1.807) is 0 Å². The van der Waals surface area contributed by atoms with Gasteiger partial charge in [-0.15, -0.1) is 0 Å². The summed E-state index contributed by atoms with van der Waals surface area (Å²) in [7, 11) is 0. The number of hydrazine groups is 1. The number of nitrogens with zero attached hydrogens (tertiary/aromatic N) is 2. The number of aryl methyl sites for hydroxylation is 1. The first kappa shape index (κ1) is 17.2. The molecule has 1 aliphatic carbocycles. The minimum absolute atomic E-state index is 0.0455. The van der Waals surface area contributed by atoms with Crippen LogP contribution < -0.4 is 21.1 Å². The highest BCUT2D eigenvalue weighted by Gasteiger charge is 2.46. The minimum Gasteiger partial charge on any atom is -0.375 e. The molecule has 2 bridgehead atoms. The van der Waals surface area contributed by atoms with E-state index in [1.165, 1.54) is 18.4 Å². The second-order valence-corrected chi connectivity index (χ2v) is 8.95. The Kier molecular flexibility index (Phi) is 3.80. The molecule has 5 aliphatic rings. The van der Waals surface area contributed by atoms with Crippen molar-refractivity contribution in [2.24, 2.45) is 0 Å². The van der Waals surface area contributed by atoms with Crippen LogP contribution in [0.15, 0.2) is 23.9 Å². The molecule has 1 amide bonds. The molecule has 4 fully saturated rings. The second kappa shape index (κ2) is 6.18. The van der Waals surface area contributed by atoms with Crippen molar-refractivity contribution in [3.63, 3.8) is 0 Å². The number of benzene rings is 1. The number of anilines is 1. The van der Waals surface area contributed by atoms with Gasteiger partial charge in [0.2, 0.25) is 0 Å². The van der Waals surface area contributed by atoms with E-state index in [4.69, 9.17) is 16.3 Å². The Morgan fingerprint density at radius 1 is 1.29 bits per heavy atom. The van der Waals surface area contributed by atoms with Gasteiger partial charge in [-0.2, -0.15) is 0 Å². The number of morpholine rings is 1. The number of rotatable bonds is 3. The van der Waals surface area contributed by atoms with Crippen molar-refractivity contribution in [2.75, 3.05) is 18.2 Å². The Hall–Kier alpha value is -1.64. The Balaban J connectivity index is 1.24. The predicted octanol–water partition coefficient (Wildman–Crippen LogP) is 1.54. The SMILES string of the molecule is Cc1cc(C2CC2)cc(Cl)c1N1C=C2C(=O)NC(N3C[C@@H]4C[C@H]3CO4)NC2N1. The predicted molar refractivity (Wildman–Crippen MR) is 106 cm³/mol. The van der Waals surface area contributed by atoms with Crippen LogP contribution in [0.25, 0.3) is 0 Å². The number of hydrogen-bond donors (Lipinski definition) is 3. The molecular weight excluding hydrogens is 378 g/mol. The van der Waals surface area contributed by atoms with Gasteiger partial charge in [-0.05, 0) is 49.3 Å². The van der Waals surface area contributed by atoms with Crippen LogP contribution >= 0.6 is 11.6 Å². The molecule has 0 radical (unpaired) electrons. The van der Waals surface area contributed by atoms with Crippen LogP contribution in [0.1, 0.15) is 36.3 Å². The fourth-order valence-electron chi connectivity index (χ4n) is 4.96. The number of carbonyl (C=O) groups excluding carboxylic acids is 1. The maximum Gasteiger partial charge on any atom is 0.254 e. The Morgan fingerprint density at radius 3 is 2.82 bits per heavy atom. The molecule has 1 aromatic carbocycles. The van der Waals surface area contributed by atoms with Gasteiger partial charge in [0.05, 0.1) is 29.0 Å². The van der Waals surface area contributed by atoms with E-state index < -0.39 is 0 Å². The fraction of sp³-hybridized carbons (Fsp3) is 0.550. The summed E-state index contributed by atoms with van der Waals surface area (Å²) in [5.74, 6) is 0.613. The maximum atomic E-state index is 12.8. The molecule has 28 heavy (non-hydrogen) atoms. The number of hydrogen-bond acceptors (Lipinski definition) is 6. The summed E-state index contributed by atoms with van der Waals surface area (Å²) in [6.07, 6.45) is 5.26. The van der Waals surface area contributed by atoms with E-state index in [-0.39, 0.29) is 18.4 Å². The number of carbonyl (C=O) groups is 1. The van der Waals surface area contributed by atoms with E-state index >= 15 is 0 Å². The zero-order valence-electron chi connectivity index (χ0n) is 15.7. The third-order valence-corrected chi connectivity index (χ3v) is 6.83. The number of nitrogens with one attached hydrogen (secondary N) is 3. The number of halogens is 1. The molecule has 1 aromatic rings. The van der Waals surface area contributed by atoms with Gasteiger partial charge < -0.3 is 10.1 Å². The van der Waals surface area contributed by atoms with Gasteiger partial charge in [0.25, 0.3) is 5.91 Å². The van der Waals surface area contributed by atoms with Gasteiger partial charge >= 0.3 is 0 Å². The average molecular weight is 402 g/mol. The van der Waals surface area contributed by atoms with Crippen molar-refractivity contribution in [2.45, 2.75) is 56.7 Å². The molecule has 4 heterocycles. The zero-order chi connectivity index (χ0) is 19.0. The molecule has 4 atom stereocenters. The third-order valence-electron chi connectivity index (χ3n) is 6.54. The van der Waals surface area contributed by atoms with Crippen LogP contribution in [0.5, 0.6) is 0 Å². The Morgan fingerprint density at radius 2 is 2.14 bits per heavy atom. The van der Waals surface area contributed by atoms with Crippen LogP contribution in [-0.2, 0) is 9.53 Å². The van der Waals surface area contributed by atoms with E-state index in [9.17, 15) is 4.79 Å². The second-order valence-electron chi connectivity index (χ2n) is 8.54. The highest BCUT2D eigenvalue weighted by Crippen LogP contribution is 2.44. The van der Waals surface area contributed by atoms with E-state index in [1.807, 2.05) is 11.2 Å². The average Bonchev–Trinajstić information content (AvgIpc) is 3.08. The van der Waals surface area contributed by atoms with Crippen LogP contribution in [0.2, 0.25) is 5.02 Å². The van der Waals surface area contributed by atoms with Crippen molar-refractivity contribution in [1.29, 1.82) is 0 Å². The normalized spacial score (nSPS) is 34.6. The monoisotopic (exact) mass is 401 g/mol. The molecular formula is C20H24ClN5O2. The van der Waals surface area contributed by atoms with Gasteiger partial charge in [0, 0.05) is 18.8 Å². The van der Waals surface area contributed by atoms with Gasteiger partial charge in [-0.1, -0.05) is 17.7 Å². The van der Waals surface area contributed by atoms with Crippen molar-refractivity contribution in [3.05, 3.63) is 40.1 Å². The molecule has 0 spiro atoms. The zero-order valence-corrected chi connectivity index (χ0v) is 16.5. The smallest absolute Gasteiger partial charge is 0.254 e. The number of amides is 1. The Bertz CT molecular complexity index is 862. The third kappa shape index (κ3) is 2.69. The molecule has 3 N–H and O–H groups in total. The summed E-state index contributed by atoms with van der Waals surface area (Å²) in [6, 6.07) is 4.66. The largest absolute Gasteiger partial charge is 0.375 e. The maximum absolute atomic E-state index is 12.8. The van der Waals surface area contributed by atoms with Gasteiger partial charge in [-0.25, -0.2) is 5.43 Å². The topological polar surface area (TPSA) is 68.9 Å².